The lowest BCUT2D eigenvalue weighted by Crippen LogP contribution is -2.48. The van der Waals surface area contributed by atoms with Crippen molar-refractivity contribution in [2.45, 2.75) is 38.7 Å². The van der Waals surface area contributed by atoms with E-state index in [1.54, 1.807) is 4.57 Å². The average molecular weight is 398 g/mol. The Labute approximate surface area is 167 Å². The fraction of sp³-hybridized carbons (Fsp3) is 0.300. The number of rotatable bonds is 8. The van der Waals surface area contributed by atoms with Gasteiger partial charge in [0.1, 0.15) is 0 Å². The fourth-order valence-electron chi connectivity index (χ4n) is 3.18. The molecule has 0 aliphatic heterocycles. The van der Waals surface area contributed by atoms with E-state index in [0.717, 1.165) is 39.1 Å². The van der Waals surface area contributed by atoms with Crippen LogP contribution >= 0.6 is 11.3 Å². The van der Waals surface area contributed by atoms with E-state index in [1.165, 1.54) is 0 Å². The maximum absolute atomic E-state index is 12.4. The molecule has 1 unspecified atom stereocenters. The highest BCUT2D eigenvalue weighted by molar-refractivity contribution is 7.16. The van der Waals surface area contributed by atoms with Crippen LogP contribution in [0, 0.1) is 0 Å². The Balaban J connectivity index is 1.64. The summed E-state index contributed by atoms with van der Waals surface area (Å²) in [7, 11) is -1.67. The summed E-state index contributed by atoms with van der Waals surface area (Å²) in [6, 6.07) is 15.3. The highest BCUT2D eigenvalue weighted by atomic mass is 32.1. The van der Waals surface area contributed by atoms with Crippen molar-refractivity contribution in [2.75, 3.05) is 0 Å². The Morgan fingerprint density at radius 3 is 2.68 bits per heavy atom. The zero-order valence-electron chi connectivity index (χ0n) is 15.7. The standard InChI is InChI=1S/C20H23BN2O4S/c1-2-14-6-5-7-15(12-14)13-18(21(26)27)22-19(24)10-11-23-16-8-3-4-9-17(16)28-20(23)25/h3-9,12,18,26-27H,2,10-11,13H2,1H3,(H,22,24). The van der Waals surface area contributed by atoms with E-state index in [9.17, 15) is 19.6 Å². The van der Waals surface area contributed by atoms with Crippen molar-refractivity contribution >= 4 is 34.6 Å². The Morgan fingerprint density at radius 2 is 1.93 bits per heavy atom. The van der Waals surface area contributed by atoms with Crippen LogP contribution in [0.25, 0.3) is 10.2 Å². The zero-order valence-corrected chi connectivity index (χ0v) is 16.5. The van der Waals surface area contributed by atoms with Crippen molar-refractivity contribution in [2.24, 2.45) is 0 Å². The number of fused-ring (bicyclic) bond motifs is 1. The third-order valence-electron chi connectivity index (χ3n) is 4.70. The number of nitrogens with one attached hydrogen (secondary N) is 1. The molecule has 1 atom stereocenters. The van der Waals surface area contributed by atoms with Crippen LogP contribution < -0.4 is 10.2 Å². The first kappa shape index (κ1) is 20.3. The smallest absolute Gasteiger partial charge is 0.426 e. The minimum Gasteiger partial charge on any atom is -0.426 e. The van der Waals surface area contributed by atoms with Crippen LogP contribution in [-0.4, -0.2) is 33.6 Å². The van der Waals surface area contributed by atoms with E-state index in [4.69, 9.17) is 0 Å². The Morgan fingerprint density at radius 1 is 1.18 bits per heavy atom. The van der Waals surface area contributed by atoms with E-state index in [1.807, 2.05) is 48.5 Å². The van der Waals surface area contributed by atoms with Gasteiger partial charge in [0.05, 0.1) is 16.2 Å². The van der Waals surface area contributed by atoms with Gasteiger partial charge in [0.25, 0.3) is 0 Å². The van der Waals surface area contributed by atoms with E-state index in [-0.39, 0.29) is 23.7 Å². The number of thiazole rings is 1. The van der Waals surface area contributed by atoms with Crippen molar-refractivity contribution in [3.05, 3.63) is 69.3 Å². The second kappa shape index (κ2) is 9.19. The van der Waals surface area contributed by atoms with Gasteiger partial charge in [-0.1, -0.05) is 54.7 Å². The van der Waals surface area contributed by atoms with Gasteiger partial charge in [0.15, 0.2) is 0 Å². The Hall–Kier alpha value is -2.42. The van der Waals surface area contributed by atoms with E-state index in [0.29, 0.717) is 6.42 Å². The minimum atomic E-state index is -1.67. The molecule has 8 heteroatoms. The summed E-state index contributed by atoms with van der Waals surface area (Å²) < 4.78 is 2.46. The first-order chi connectivity index (χ1) is 13.5. The van der Waals surface area contributed by atoms with Gasteiger partial charge in [-0.05, 0) is 36.1 Å². The quantitative estimate of drug-likeness (QED) is 0.505. The molecule has 3 aromatic rings. The van der Waals surface area contributed by atoms with Gasteiger partial charge in [0, 0.05) is 13.0 Å². The molecular weight excluding hydrogens is 375 g/mol. The summed E-state index contributed by atoms with van der Waals surface area (Å²) in [6.07, 6.45) is 1.29. The summed E-state index contributed by atoms with van der Waals surface area (Å²) in [6.45, 7) is 2.30. The number of benzene rings is 2. The number of aryl methyl sites for hydroxylation is 2. The van der Waals surface area contributed by atoms with Gasteiger partial charge in [-0.3, -0.25) is 14.2 Å². The van der Waals surface area contributed by atoms with Crippen LogP contribution in [0.5, 0.6) is 0 Å². The van der Waals surface area contributed by atoms with Crippen molar-refractivity contribution < 1.29 is 14.8 Å². The topological polar surface area (TPSA) is 91.6 Å². The van der Waals surface area contributed by atoms with Crippen LogP contribution in [0.3, 0.4) is 0 Å². The molecule has 1 amide bonds. The number of carbonyl (C=O) groups excluding carboxylic acids is 1. The average Bonchev–Trinajstić information content (AvgIpc) is 3.01. The molecule has 0 fully saturated rings. The molecule has 3 rings (SSSR count). The third-order valence-corrected chi connectivity index (χ3v) is 5.66. The fourth-order valence-corrected chi connectivity index (χ4v) is 4.10. The van der Waals surface area contributed by atoms with Crippen molar-refractivity contribution in [1.29, 1.82) is 0 Å². The summed E-state index contributed by atoms with van der Waals surface area (Å²) in [5.74, 6) is -1.14. The molecule has 28 heavy (non-hydrogen) atoms. The molecule has 0 saturated heterocycles. The second-order valence-electron chi connectivity index (χ2n) is 6.70. The lowest BCUT2D eigenvalue weighted by Gasteiger charge is -2.18. The first-order valence-electron chi connectivity index (χ1n) is 9.29. The number of para-hydroxylation sites is 1. The molecule has 6 nitrogen and oxygen atoms in total. The van der Waals surface area contributed by atoms with E-state index < -0.39 is 13.1 Å². The molecule has 2 aromatic carbocycles. The predicted molar refractivity (Wildman–Crippen MR) is 112 cm³/mol. The van der Waals surface area contributed by atoms with Crippen LogP contribution in [0.15, 0.2) is 53.3 Å². The summed E-state index contributed by atoms with van der Waals surface area (Å²) in [5.41, 5.74) is 2.89. The number of carbonyl (C=O) groups is 1. The molecular formula is C20H23BN2O4S. The molecule has 3 N–H and O–H groups in total. The van der Waals surface area contributed by atoms with E-state index in [2.05, 4.69) is 12.2 Å². The second-order valence-corrected chi connectivity index (χ2v) is 7.70. The summed E-state index contributed by atoms with van der Waals surface area (Å²) in [4.78, 5) is 24.4. The highest BCUT2D eigenvalue weighted by Crippen LogP contribution is 2.16. The highest BCUT2D eigenvalue weighted by Gasteiger charge is 2.25. The SMILES string of the molecule is CCc1cccc(CC(NC(=O)CCn2c(=O)sc3ccccc32)B(O)O)c1. The van der Waals surface area contributed by atoms with Crippen molar-refractivity contribution in [3.8, 4) is 0 Å². The summed E-state index contributed by atoms with van der Waals surface area (Å²) in [5, 5.41) is 22.0. The maximum atomic E-state index is 12.4. The van der Waals surface area contributed by atoms with Gasteiger partial charge in [-0.25, -0.2) is 0 Å². The zero-order chi connectivity index (χ0) is 20.1. The van der Waals surface area contributed by atoms with E-state index >= 15 is 0 Å². The molecule has 1 aromatic heterocycles. The maximum Gasteiger partial charge on any atom is 0.475 e. The molecule has 0 saturated carbocycles. The number of hydrogen-bond donors (Lipinski definition) is 3. The number of hydrogen-bond acceptors (Lipinski definition) is 5. The first-order valence-corrected chi connectivity index (χ1v) is 10.1. The number of aromatic nitrogens is 1. The molecule has 0 aliphatic carbocycles. The number of amides is 1. The molecule has 0 spiro atoms. The largest absolute Gasteiger partial charge is 0.475 e. The minimum absolute atomic E-state index is 0.0822. The lowest BCUT2D eigenvalue weighted by molar-refractivity contribution is -0.121. The third kappa shape index (κ3) is 4.89. The van der Waals surface area contributed by atoms with Crippen molar-refractivity contribution in [3.63, 3.8) is 0 Å². The Kier molecular flexibility index (Phi) is 6.67. The predicted octanol–water partition coefficient (Wildman–Crippen LogP) is 1.75. The lowest BCUT2D eigenvalue weighted by atomic mass is 9.75. The number of nitrogens with zero attached hydrogens (tertiary/aromatic N) is 1. The molecule has 0 radical (unpaired) electrons. The van der Waals surface area contributed by atoms with Gasteiger partial charge < -0.3 is 15.4 Å². The normalized spacial score (nSPS) is 12.1. The van der Waals surface area contributed by atoms with Gasteiger partial charge in [0.2, 0.25) is 5.91 Å². The van der Waals surface area contributed by atoms with Gasteiger partial charge >= 0.3 is 12.0 Å². The molecule has 0 bridgehead atoms. The monoisotopic (exact) mass is 398 g/mol. The van der Waals surface area contributed by atoms with Crippen molar-refractivity contribution in [1.82, 2.24) is 9.88 Å². The van der Waals surface area contributed by atoms with Gasteiger partial charge in [-0.2, -0.15) is 0 Å². The van der Waals surface area contributed by atoms with Crippen LogP contribution in [0.1, 0.15) is 24.5 Å². The summed E-state index contributed by atoms with van der Waals surface area (Å²) >= 11 is 1.15. The molecule has 146 valence electrons. The van der Waals surface area contributed by atoms with Crippen LogP contribution in [0.2, 0.25) is 0 Å². The van der Waals surface area contributed by atoms with Gasteiger partial charge in [-0.15, -0.1) is 0 Å². The Bertz CT molecular complexity index is 1010. The molecule has 0 aliphatic rings. The van der Waals surface area contributed by atoms with Crippen LogP contribution in [0.4, 0.5) is 0 Å². The molecule has 1 heterocycles. The van der Waals surface area contributed by atoms with Crippen LogP contribution in [-0.2, 0) is 24.2 Å².